The van der Waals surface area contributed by atoms with Crippen LogP contribution in [0, 0.1) is 0 Å². The van der Waals surface area contributed by atoms with Crippen molar-refractivity contribution in [2.45, 2.75) is 18.9 Å². The van der Waals surface area contributed by atoms with E-state index in [1.54, 1.807) is 0 Å². The monoisotopic (exact) mass is 276 g/mol. The number of nitrogens with zero attached hydrogens (tertiary/aromatic N) is 3. The summed E-state index contributed by atoms with van der Waals surface area (Å²) in [5, 5.41) is 0. The molecule has 0 aliphatic carbocycles. The zero-order valence-corrected chi connectivity index (χ0v) is 13.0. The van der Waals surface area contributed by atoms with E-state index in [2.05, 4.69) is 48.0 Å². The average molecular weight is 276 g/mol. The minimum Gasteiger partial charge on any atom is -0.399 e. The Kier molecular flexibility index (Phi) is 5.26. The van der Waals surface area contributed by atoms with E-state index in [4.69, 9.17) is 5.73 Å². The van der Waals surface area contributed by atoms with Crippen molar-refractivity contribution in [1.82, 2.24) is 9.80 Å². The highest BCUT2D eigenvalue weighted by Crippen LogP contribution is 2.22. The van der Waals surface area contributed by atoms with Gasteiger partial charge >= 0.3 is 0 Å². The van der Waals surface area contributed by atoms with Gasteiger partial charge in [-0.05, 0) is 58.3 Å². The Morgan fingerprint density at radius 1 is 1.05 bits per heavy atom. The zero-order chi connectivity index (χ0) is 14.5. The van der Waals surface area contributed by atoms with Crippen LogP contribution >= 0.6 is 0 Å². The minimum atomic E-state index is 0.722. The van der Waals surface area contributed by atoms with Gasteiger partial charge in [-0.15, -0.1) is 0 Å². The highest BCUT2D eigenvalue weighted by molar-refractivity contribution is 5.53. The first kappa shape index (κ1) is 15.1. The Labute approximate surface area is 123 Å². The summed E-state index contributed by atoms with van der Waals surface area (Å²) in [6.45, 7) is 4.57. The molecule has 0 amide bonds. The Balaban J connectivity index is 1.81. The van der Waals surface area contributed by atoms with E-state index < -0.39 is 0 Å². The Hall–Kier alpha value is -1.26. The van der Waals surface area contributed by atoms with Gasteiger partial charge in [0.05, 0.1) is 0 Å². The normalized spacial score (nSPS) is 17.1. The van der Waals surface area contributed by atoms with Crippen molar-refractivity contribution in [1.29, 1.82) is 0 Å². The Bertz CT molecular complexity index is 393. The molecule has 1 saturated heterocycles. The molecule has 0 bridgehead atoms. The molecule has 1 heterocycles. The summed E-state index contributed by atoms with van der Waals surface area (Å²) >= 11 is 0. The number of hydrogen-bond acceptors (Lipinski definition) is 4. The molecule has 2 rings (SSSR count). The highest BCUT2D eigenvalue weighted by Gasteiger charge is 2.22. The van der Waals surface area contributed by atoms with Crippen molar-refractivity contribution in [3.8, 4) is 0 Å². The molecule has 112 valence electrons. The van der Waals surface area contributed by atoms with Crippen LogP contribution in [0.2, 0.25) is 0 Å². The second kappa shape index (κ2) is 6.95. The third kappa shape index (κ3) is 4.12. The molecule has 1 aromatic carbocycles. The van der Waals surface area contributed by atoms with E-state index in [1.165, 1.54) is 18.5 Å². The van der Waals surface area contributed by atoms with E-state index in [-0.39, 0.29) is 0 Å². The molecule has 20 heavy (non-hydrogen) atoms. The van der Waals surface area contributed by atoms with Crippen LogP contribution in [0.25, 0.3) is 0 Å². The van der Waals surface area contributed by atoms with E-state index in [0.29, 0.717) is 0 Å². The molecule has 0 spiro atoms. The fourth-order valence-corrected chi connectivity index (χ4v) is 2.79. The minimum absolute atomic E-state index is 0.722. The van der Waals surface area contributed by atoms with Crippen LogP contribution in [-0.2, 0) is 0 Å². The van der Waals surface area contributed by atoms with Gasteiger partial charge in [0.25, 0.3) is 0 Å². The lowest BCUT2D eigenvalue weighted by Gasteiger charge is -2.38. The summed E-state index contributed by atoms with van der Waals surface area (Å²) in [6.07, 6.45) is 2.49. The van der Waals surface area contributed by atoms with Gasteiger partial charge in [0.15, 0.2) is 0 Å². The quantitative estimate of drug-likeness (QED) is 0.831. The maximum Gasteiger partial charge on any atom is 0.0367 e. The molecule has 0 radical (unpaired) electrons. The van der Waals surface area contributed by atoms with Gasteiger partial charge in [0, 0.05) is 43.6 Å². The van der Waals surface area contributed by atoms with Gasteiger partial charge in [0.1, 0.15) is 0 Å². The standard InChI is InChI=1S/C16H28N4/c1-18(2)12-13-19(3)15-8-10-20(11-9-15)16-6-4-14(17)5-7-16/h4-7,15H,8-13,17H2,1-3H3. The summed E-state index contributed by atoms with van der Waals surface area (Å²) in [6, 6.07) is 8.96. The van der Waals surface area contributed by atoms with Crippen LogP contribution in [0.1, 0.15) is 12.8 Å². The van der Waals surface area contributed by atoms with Gasteiger partial charge in [0.2, 0.25) is 0 Å². The molecule has 1 aromatic rings. The maximum atomic E-state index is 5.75. The van der Waals surface area contributed by atoms with Crippen LogP contribution < -0.4 is 10.6 Å². The van der Waals surface area contributed by atoms with Crippen molar-refractivity contribution >= 4 is 11.4 Å². The number of rotatable bonds is 5. The summed E-state index contributed by atoms with van der Waals surface area (Å²) in [5.74, 6) is 0. The molecule has 0 unspecified atom stereocenters. The van der Waals surface area contributed by atoms with E-state index in [0.717, 1.165) is 37.9 Å². The van der Waals surface area contributed by atoms with Gasteiger partial charge < -0.3 is 20.4 Å². The molecule has 4 heteroatoms. The molecular weight excluding hydrogens is 248 g/mol. The lowest BCUT2D eigenvalue weighted by Crippen LogP contribution is -2.45. The van der Waals surface area contributed by atoms with Crippen molar-refractivity contribution in [2.24, 2.45) is 0 Å². The molecule has 0 saturated carbocycles. The molecule has 1 aliphatic heterocycles. The van der Waals surface area contributed by atoms with Crippen LogP contribution in [0.3, 0.4) is 0 Å². The van der Waals surface area contributed by atoms with Gasteiger partial charge in [-0.2, -0.15) is 0 Å². The largest absolute Gasteiger partial charge is 0.399 e. The number of benzene rings is 1. The molecule has 2 N–H and O–H groups in total. The second-order valence-electron chi connectivity index (χ2n) is 6.09. The lowest BCUT2D eigenvalue weighted by atomic mass is 10.0. The van der Waals surface area contributed by atoms with E-state index in [9.17, 15) is 0 Å². The fraction of sp³-hybridized carbons (Fsp3) is 0.625. The van der Waals surface area contributed by atoms with Crippen LogP contribution in [-0.4, -0.2) is 63.2 Å². The van der Waals surface area contributed by atoms with Crippen LogP contribution in [0.4, 0.5) is 11.4 Å². The summed E-state index contributed by atoms with van der Waals surface area (Å²) in [7, 11) is 6.53. The molecule has 0 aromatic heterocycles. The third-order valence-corrected chi connectivity index (χ3v) is 4.25. The summed E-state index contributed by atoms with van der Waals surface area (Å²) < 4.78 is 0. The maximum absolute atomic E-state index is 5.75. The summed E-state index contributed by atoms with van der Waals surface area (Å²) in [4.78, 5) is 7.23. The highest BCUT2D eigenvalue weighted by atomic mass is 15.2. The molecule has 1 fully saturated rings. The summed E-state index contributed by atoms with van der Waals surface area (Å²) in [5.41, 5.74) is 7.89. The van der Waals surface area contributed by atoms with Gasteiger partial charge in [-0.25, -0.2) is 0 Å². The van der Waals surface area contributed by atoms with E-state index in [1.807, 2.05) is 12.1 Å². The van der Waals surface area contributed by atoms with E-state index >= 15 is 0 Å². The third-order valence-electron chi connectivity index (χ3n) is 4.25. The number of nitrogens with two attached hydrogens (primary N) is 1. The molecule has 0 atom stereocenters. The zero-order valence-electron chi connectivity index (χ0n) is 13.0. The second-order valence-corrected chi connectivity index (χ2v) is 6.09. The first-order chi connectivity index (χ1) is 9.56. The van der Waals surface area contributed by atoms with Crippen molar-refractivity contribution in [3.63, 3.8) is 0 Å². The topological polar surface area (TPSA) is 35.7 Å². The first-order valence-electron chi connectivity index (χ1n) is 7.51. The van der Waals surface area contributed by atoms with Crippen molar-refractivity contribution in [2.75, 3.05) is 58.0 Å². The van der Waals surface area contributed by atoms with Crippen molar-refractivity contribution in [3.05, 3.63) is 24.3 Å². The number of piperidine rings is 1. The first-order valence-corrected chi connectivity index (χ1v) is 7.51. The molecular formula is C16H28N4. The number of hydrogen-bond donors (Lipinski definition) is 1. The van der Waals surface area contributed by atoms with Crippen LogP contribution in [0.5, 0.6) is 0 Å². The predicted molar refractivity (Wildman–Crippen MR) is 87.3 cm³/mol. The fourth-order valence-electron chi connectivity index (χ4n) is 2.79. The van der Waals surface area contributed by atoms with Crippen LogP contribution in [0.15, 0.2) is 24.3 Å². The Morgan fingerprint density at radius 3 is 2.20 bits per heavy atom. The molecule has 1 aliphatic rings. The van der Waals surface area contributed by atoms with Crippen molar-refractivity contribution < 1.29 is 0 Å². The Morgan fingerprint density at radius 2 is 1.65 bits per heavy atom. The average Bonchev–Trinajstić information content (AvgIpc) is 2.46. The van der Waals surface area contributed by atoms with Gasteiger partial charge in [-0.3, -0.25) is 0 Å². The smallest absolute Gasteiger partial charge is 0.0367 e. The lowest BCUT2D eigenvalue weighted by molar-refractivity contribution is 0.190. The SMILES string of the molecule is CN(C)CCN(C)C1CCN(c2ccc(N)cc2)CC1. The number of anilines is 2. The predicted octanol–water partition coefficient (Wildman–Crippen LogP) is 1.73. The number of nitrogen functional groups attached to an aromatic ring is 1. The van der Waals surface area contributed by atoms with Gasteiger partial charge in [-0.1, -0.05) is 0 Å². The number of likely N-dealkylation sites (N-methyl/N-ethyl adjacent to an activating group) is 2. The molecule has 4 nitrogen and oxygen atoms in total.